The minimum Gasteiger partial charge on any atom is -0.319 e. The molecule has 0 radical (unpaired) electrons. The number of nitrogens with zero attached hydrogens (tertiary/aromatic N) is 1. The highest BCUT2D eigenvalue weighted by Gasteiger charge is 2.56. The molecule has 112 valence electrons. The Labute approximate surface area is 119 Å². The summed E-state index contributed by atoms with van der Waals surface area (Å²) in [4.78, 5) is 13.5. The number of anilines is 1. The molecule has 0 spiro atoms. The van der Waals surface area contributed by atoms with E-state index in [1.165, 1.54) is 30.1 Å². The summed E-state index contributed by atoms with van der Waals surface area (Å²) in [5.74, 6) is -1.48. The molecule has 1 atom stereocenters. The minimum absolute atomic E-state index is 0.0491. The number of nitrogens with one attached hydrogen (secondary N) is 1. The molecule has 1 N–H and O–H groups in total. The van der Waals surface area contributed by atoms with Gasteiger partial charge in [-0.25, -0.2) is 4.79 Å². The first-order valence-electron chi connectivity index (χ1n) is 6.32. The Morgan fingerprint density at radius 3 is 2.55 bits per heavy atom. The van der Waals surface area contributed by atoms with Crippen molar-refractivity contribution >= 4 is 23.1 Å². The molecule has 1 saturated heterocycles. The van der Waals surface area contributed by atoms with Gasteiger partial charge in [0.05, 0.1) is 17.1 Å². The van der Waals surface area contributed by atoms with E-state index in [0.717, 1.165) is 5.56 Å². The van der Waals surface area contributed by atoms with Crippen LogP contribution in [0.1, 0.15) is 25.8 Å². The summed E-state index contributed by atoms with van der Waals surface area (Å²) in [6, 6.07) is -0.469. The number of carbonyl (C=O) groups is 1. The molecule has 1 fully saturated rings. The molecule has 3 nitrogen and oxygen atoms in total. The van der Waals surface area contributed by atoms with Crippen molar-refractivity contribution in [3.05, 3.63) is 16.3 Å². The lowest BCUT2D eigenvalue weighted by molar-refractivity contribution is -0.189. The van der Waals surface area contributed by atoms with Crippen molar-refractivity contribution in [2.75, 3.05) is 11.9 Å². The molecule has 2 rings (SSSR count). The van der Waals surface area contributed by atoms with Crippen molar-refractivity contribution in [3.63, 3.8) is 0 Å². The van der Waals surface area contributed by atoms with E-state index in [-0.39, 0.29) is 13.0 Å². The van der Waals surface area contributed by atoms with Crippen molar-refractivity contribution in [1.82, 2.24) is 4.90 Å². The maximum absolute atomic E-state index is 13.0. The Bertz CT molecular complexity index is 510. The van der Waals surface area contributed by atoms with Gasteiger partial charge in [0.2, 0.25) is 0 Å². The molecular weight excluding hydrogens is 289 g/mol. The Hall–Kier alpha value is -1.24. The SMILES string of the molecule is Cc1cscc1NC(=O)N1CCC(C(F)(F)F)C1(C)C. The predicted molar refractivity (Wildman–Crippen MR) is 73.0 cm³/mol. The molecule has 0 aromatic carbocycles. The van der Waals surface area contributed by atoms with Gasteiger partial charge in [0, 0.05) is 11.9 Å². The number of urea groups is 1. The number of halogens is 3. The second kappa shape index (κ2) is 4.95. The summed E-state index contributed by atoms with van der Waals surface area (Å²) in [6.45, 7) is 4.91. The molecule has 1 aliphatic rings. The van der Waals surface area contributed by atoms with Gasteiger partial charge < -0.3 is 10.2 Å². The molecule has 1 unspecified atom stereocenters. The lowest BCUT2D eigenvalue weighted by Crippen LogP contribution is -2.51. The average Bonchev–Trinajstić information content (AvgIpc) is 2.81. The summed E-state index contributed by atoms with van der Waals surface area (Å²) in [5, 5.41) is 6.34. The summed E-state index contributed by atoms with van der Waals surface area (Å²) >= 11 is 1.44. The van der Waals surface area contributed by atoms with Crippen molar-refractivity contribution in [2.45, 2.75) is 38.9 Å². The number of amides is 2. The van der Waals surface area contributed by atoms with E-state index < -0.39 is 23.7 Å². The standard InChI is InChI=1S/C13H17F3N2OS/c1-8-6-20-7-9(8)17-11(19)18-5-4-10(12(18,2)3)13(14,15)16/h6-7,10H,4-5H2,1-3H3,(H,17,19). The Morgan fingerprint density at radius 2 is 2.10 bits per heavy atom. The van der Waals surface area contributed by atoms with E-state index in [4.69, 9.17) is 0 Å². The van der Waals surface area contributed by atoms with Crippen molar-refractivity contribution in [1.29, 1.82) is 0 Å². The topological polar surface area (TPSA) is 32.3 Å². The van der Waals surface area contributed by atoms with Crippen molar-refractivity contribution < 1.29 is 18.0 Å². The van der Waals surface area contributed by atoms with E-state index in [1.807, 2.05) is 12.3 Å². The molecule has 2 heterocycles. The van der Waals surface area contributed by atoms with Gasteiger partial charge >= 0.3 is 12.2 Å². The highest BCUT2D eigenvalue weighted by molar-refractivity contribution is 7.08. The first-order chi connectivity index (χ1) is 9.14. The first-order valence-corrected chi connectivity index (χ1v) is 7.26. The number of aryl methyl sites for hydroxylation is 1. The van der Waals surface area contributed by atoms with Crippen LogP contribution in [0.3, 0.4) is 0 Å². The van der Waals surface area contributed by atoms with Crippen LogP contribution < -0.4 is 5.32 Å². The third-order valence-corrected chi connectivity index (χ3v) is 4.79. The number of rotatable bonds is 1. The number of hydrogen-bond donors (Lipinski definition) is 1. The number of likely N-dealkylation sites (tertiary alicyclic amines) is 1. The first kappa shape index (κ1) is 15.2. The van der Waals surface area contributed by atoms with Gasteiger partial charge in [0.25, 0.3) is 0 Å². The lowest BCUT2D eigenvalue weighted by Gasteiger charge is -2.36. The zero-order valence-corrected chi connectivity index (χ0v) is 12.4. The van der Waals surface area contributed by atoms with E-state index >= 15 is 0 Å². The third-order valence-electron chi connectivity index (χ3n) is 3.93. The zero-order valence-electron chi connectivity index (χ0n) is 11.5. The third kappa shape index (κ3) is 2.63. The molecule has 2 amide bonds. The number of alkyl halides is 3. The maximum atomic E-state index is 13.0. The van der Waals surface area contributed by atoms with E-state index in [9.17, 15) is 18.0 Å². The molecule has 0 bridgehead atoms. The quantitative estimate of drug-likeness (QED) is 0.826. The fraction of sp³-hybridized carbons (Fsp3) is 0.615. The summed E-state index contributed by atoms with van der Waals surface area (Å²) in [6.07, 6.45) is -4.33. The number of hydrogen-bond acceptors (Lipinski definition) is 2. The van der Waals surface area contributed by atoms with E-state index in [0.29, 0.717) is 5.69 Å². The van der Waals surface area contributed by atoms with Gasteiger partial charge in [-0.15, -0.1) is 11.3 Å². The van der Waals surface area contributed by atoms with Crippen LogP contribution >= 0.6 is 11.3 Å². The highest BCUT2D eigenvalue weighted by Crippen LogP contribution is 2.44. The van der Waals surface area contributed by atoms with Crippen molar-refractivity contribution in [2.24, 2.45) is 5.92 Å². The summed E-state index contributed by atoms with van der Waals surface area (Å²) < 4.78 is 38.9. The Balaban J connectivity index is 2.14. The molecular formula is C13H17F3N2OS. The molecule has 1 aromatic heterocycles. The largest absolute Gasteiger partial charge is 0.394 e. The minimum atomic E-state index is -4.28. The smallest absolute Gasteiger partial charge is 0.319 e. The molecule has 7 heteroatoms. The van der Waals surface area contributed by atoms with Crippen LogP contribution in [0.2, 0.25) is 0 Å². The zero-order chi connectivity index (χ0) is 15.1. The number of thiophene rings is 1. The fourth-order valence-electron chi connectivity index (χ4n) is 2.69. The predicted octanol–water partition coefficient (Wildman–Crippen LogP) is 4.25. The molecule has 0 saturated carbocycles. The molecule has 20 heavy (non-hydrogen) atoms. The van der Waals surface area contributed by atoms with Crippen LogP contribution in [0.4, 0.5) is 23.7 Å². The average molecular weight is 306 g/mol. The van der Waals surface area contributed by atoms with Gasteiger partial charge in [-0.1, -0.05) is 0 Å². The van der Waals surface area contributed by atoms with Gasteiger partial charge in [-0.3, -0.25) is 0 Å². The lowest BCUT2D eigenvalue weighted by atomic mass is 9.88. The number of carbonyl (C=O) groups excluding carboxylic acids is 1. The van der Waals surface area contributed by atoms with Gasteiger partial charge in [0.1, 0.15) is 0 Å². The molecule has 1 aliphatic heterocycles. The summed E-state index contributed by atoms with van der Waals surface area (Å²) in [5.41, 5.74) is 0.339. The van der Waals surface area contributed by atoms with Gasteiger partial charge in [-0.2, -0.15) is 13.2 Å². The van der Waals surface area contributed by atoms with Crippen LogP contribution in [0.25, 0.3) is 0 Å². The van der Waals surface area contributed by atoms with E-state index in [2.05, 4.69) is 5.32 Å². The molecule has 0 aliphatic carbocycles. The van der Waals surface area contributed by atoms with Crippen LogP contribution in [0.15, 0.2) is 10.8 Å². The second-order valence-corrected chi connectivity index (χ2v) is 6.33. The van der Waals surface area contributed by atoms with Crippen LogP contribution in [-0.4, -0.2) is 29.2 Å². The van der Waals surface area contributed by atoms with E-state index in [1.54, 1.807) is 5.38 Å². The van der Waals surface area contributed by atoms with Crippen LogP contribution in [0, 0.1) is 12.8 Å². The second-order valence-electron chi connectivity index (χ2n) is 5.59. The van der Waals surface area contributed by atoms with Gasteiger partial charge in [-0.05, 0) is 38.1 Å². The van der Waals surface area contributed by atoms with Crippen LogP contribution in [0.5, 0.6) is 0 Å². The summed E-state index contributed by atoms with van der Waals surface area (Å²) in [7, 11) is 0. The Morgan fingerprint density at radius 1 is 1.45 bits per heavy atom. The fourth-order valence-corrected chi connectivity index (χ4v) is 3.47. The monoisotopic (exact) mass is 306 g/mol. The van der Waals surface area contributed by atoms with Crippen LogP contribution in [-0.2, 0) is 0 Å². The normalized spacial score (nSPS) is 22.1. The van der Waals surface area contributed by atoms with Crippen molar-refractivity contribution in [3.8, 4) is 0 Å². The maximum Gasteiger partial charge on any atom is 0.394 e. The Kier molecular flexibility index (Phi) is 3.75. The molecule has 1 aromatic rings. The highest BCUT2D eigenvalue weighted by atomic mass is 32.1. The van der Waals surface area contributed by atoms with Gasteiger partial charge in [0.15, 0.2) is 0 Å².